The minimum Gasteiger partial charge on any atom is -0.395 e. The number of likely N-dealkylation sites (tertiary alicyclic amines) is 1. The molecule has 1 atom stereocenters. The average Bonchev–Trinajstić information content (AvgIpc) is 2.79. The van der Waals surface area contributed by atoms with Crippen molar-refractivity contribution in [3.8, 4) is 0 Å². The summed E-state index contributed by atoms with van der Waals surface area (Å²) in [6.07, 6.45) is -2.40. The molecule has 3 N–H and O–H groups in total. The van der Waals surface area contributed by atoms with E-state index in [9.17, 15) is 18.0 Å². The molecule has 0 aromatic carbocycles. The fourth-order valence-electron chi connectivity index (χ4n) is 2.57. The maximum Gasteiger partial charge on any atom is 0.393 e. The number of hydrogen-bond donors (Lipinski definition) is 2. The zero-order valence-electron chi connectivity index (χ0n) is 11.8. The van der Waals surface area contributed by atoms with Crippen molar-refractivity contribution in [3.05, 3.63) is 11.4 Å². The molecular formula is C13H19F3N4O. The van der Waals surface area contributed by atoms with E-state index in [1.807, 2.05) is 6.92 Å². The van der Waals surface area contributed by atoms with Crippen molar-refractivity contribution < 1.29 is 18.0 Å². The molecule has 1 aromatic heterocycles. The van der Waals surface area contributed by atoms with Crippen LogP contribution in [0.25, 0.3) is 0 Å². The molecule has 5 nitrogen and oxygen atoms in total. The molecule has 8 heteroatoms. The van der Waals surface area contributed by atoms with Crippen molar-refractivity contribution in [3.63, 3.8) is 0 Å². The fraction of sp³-hybridized carbons (Fsp3) is 0.692. The minimum absolute atomic E-state index is 0.0290. The second kappa shape index (κ2) is 5.95. The molecule has 1 aromatic rings. The number of anilines is 1. The number of piperidine rings is 1. The van der Waals surface area contributed by atoms with Gasteiger partial charge in [-0.3, -0.25) is 9.89 Å². The molecule has 1 aliphatic heterocycles. The third-order valence-corrected chi connectivity index (χ3v) is 3.76. The summed E-state index contributed by atoms with van der Waals surface area (Å²) < 4.78 is 38.3. The SMILES string of the molecule is CCCc1[nH]nc(C(=O)N2CCCC(C(F)(F)F)C2)c1N. The summed E-state index contributed by atoms with van der Waals surface area (Å²) in [5.41, 5.74) is 6.79. The number of carbonyl (C=O) groups excluding carboxylic acids is 1. The van der Waals surface area contributed by atoms with E-state index in [0.29, 0.717) is 25.1 Å². The van der Waals surface area contributed by atoms with Crippen LogP contribution in [0.3, 0.4) is 0 Å². The molecule has 2 heterocycles. The summed E-state index contributed by atoms with van der Waals surface area (Å²) in [5.74, 6) is -1.99. The van der Waals surface area contributed by atoms with Crippen LogP contribution in [0.15, 0.2) is 0 Å². The summed E-state index contributed by atoms with van der Waals surface area (Å²) in [7, 11) is 0. The first-order valence-electron chi connectivity index (χ1n) is 7.03. The van der Waals surface area contributed by atoms with Crippen LogP contribution in [0.2, 0.25) is 0 Å². The predicted molar refractivity (Wildman–Crippen MR) is 71.7 cm³/mol. The summed E-state index contributed by atoms with van der Waals surface area (Å²) in [5, 5.41) is 6.57. The van der Waals surface area contributed by atoms with E-state index in [-0.39, 0.29) is 24.3 Å². The van der Waals surface area contributed by atoms with Gasteiger partial charge in [0.15, 0.2) is 5.69 Å². The van der Waals surface area contributed by atoms with Crippen molar-refractivity contribution in [2.45, 2.75) is 38.8 Å². The Morgan fingerprint density at radius 1 is 1.52 bits per heavy atom. The number of nitrogens with zero attached hydrogens (tertiary/aromatic N) is 2. The highest BCUT2D eigenvalue weighted by molar-refractivity contribution is 5.97. The lowest BCUT2D eigenvalue weighted by Crippen LogP contribution is -2.44. The Balaban J connectivity index is 2.13. The van der Waals surface area contributed by atoms with Crippen LogP contribution in [-0.2, 0) is 6.42 Å². The third-order valence-electron chi connectivity index (χ3n) is 3.76. The number of amides is 1. The fourth-order valence-corrected chi connectivity index (χ4v) is 2.57. The number of carbonyl (C=O) groups is 1. The van der Waals surface area contributed by atoms with Gasteiger partial charge in [0, 0.05) is 13.1 Å². The number of nitrogens with two attached hydrogens (primary N) is 1. The Labute approximate surface area is 120 Å². The number of H-pyrrole nitrogens is 1. The number of aromatic nitrogens is 2. The van der Waals surface area contributed by atoms with Crippen LogP contribution in [0.5, 0.6) is 0 Å². The normalized spacial score (nSPS) is 19.8. The third kappa shape index (κ3) is 3.30. The van der Waals surface area contributed by atoms with E-state index in [1.165, 1.54) is 4.90 Å². The van der Waals surface area contributed by atoms with Crippen LogP contribution >= 0.6 is 0 Å². The predicted octanol–water partition coefficient (Wildman–Crippen LogP) is 2.36. The second-order valence-corrected chi connectivity index (χ2v) is 5.35. The summed E-state index contributed by atoms with van der Waals surface area (Å²) in [6, 6.07) is 0. The van der Waals surface area contributed by atoms with Gasteiger partial charge in [-0.15, -0.1) is 0 Å². The average molecular weight is 304 g/mol. The molecule has 0 radical (unpaired) electrons. The molecule has 1 amide bonds. The first kappa shape index (κ1) is 15.7. The van der Waals surface area contributed by atoms with Crippen LogP contribution < -0.4 is 5.73 Å². The quantitative estimate of drug-likeness (QED) is 0.900. The van der Waals surface area contributed by atoms with Gasteiger partial charge >= 0.3 is 6.18 Å². The highest BCUT2D eigenvalue weighted by Crippen LogP contribution is 2.33. The first-order valence-corrected chi connectivity index (χ1v) is 7.03. The van der Waals surface area contributed by atoms with Crippen molar-refractivity contribution in [2.75, 3.05) is 18.8 Å². The molecule has 1 saturated heterocycles. The van der Waals surface area contributed by atoms with Gasteiger partial charge in [0.05, 0.1) is 17.3 Å². The van der Waals surface area contributed by atoms with E-state index in [4.69, 9.17) is 5.73 Å². The van der Waals surface area contributed by atoms with E-state index in [2.05, 4.69) is 10.2 Å². The summed E-state index contributed by atoms with van der Waals surface area (Å²) >= 11 is 0. The molecule has 0 saturated carbocycles. The lowest BCUT2D eigenvalue weighted by molar-refractivity contribution is -0.184. The van der Waals surface area contributed by atoms with Crippen LogP contribution in [0.1, 0.15) is 42.4 Å². The Hall–Kier alpha value is -1.73. The molecule has 1 unspecified atom stereocenters. The molecule has 0 aliphatic carbocycles. The van der Waals surface area contributed by atoms with E-state index in [1.54, 1.807) is 0 Å². The Kier molecular flexibility index (Phi) is 4.43. The van der Waals surface area contributed by atoms with Gasteiger partial charge in [-0.25, -0.2) is 0 Å². The topological polar surface area (TPSA) is 75.0 Å². The highest BCUT2D eigenvalue weighted by Gasteiger charge is 2.43. The van der Waals surface area contributed by atoms with Gasteiger partial charge in [0.25, 0.3) is 5.91 Å². The second-order valence-electron chi connectivity index (χ2n) is 5.35. The molecule has 2 rings (SSSR count). The van der Waals surface area contributed by atoms with Crippen molar-refractivity contribution in [2.24, 2.45) is 5.92 Å². The van der Waals surface area contributed by atoms with Gasteiger partial charge < -0.3 is 10.6 Å². The van der Waals surface area contributed by atoms with Crippen LogP contribution in [0.4, 0.5) is 18.9 Å². The van der Waals surface area contributed by atoms with Crippen molar-refractivity contribution in [1.82, 2.24) is 15.1 Å². The maximum atomic E-state index is 12.8. The standard InChI is InChI=1S/C13H19F3N4O/c1-2-4-9-10(17)11(19-18-9)12(21)20-6-3-5-8(7-20)13(14,15)16/h8H,2-7,17H2,1H3,(H,18,19). The van der Waals surface area contributed by atoms with E-state index in [0.717, 1.165) is 6.42 Å². The Morgan fingerprint density at radius 3 is 2.86 bits per heavy atom. The van der Waals surface area contributed by atoms with Gasteiger partial charge in [0.2, 0.25) is 0 Å². The molecule has 0 bridgehead atoms. The monoisotopic (exact) mass is 304 g/mol. The highest BCUT2D eigenvalue weighted by atomic mass is 19.4. The van der Waals surface area contributed by atoms with Gasteiger partial charge in [-0.05, 0) is 19.3 Å². The zero-order chi connectivity index (χ0) is 15.6. The molecule has 1 fully saturated rings. The summed E-state index contributed by atoms with van der Waals surface area (Å²) in [4.78, 5) is 13.5. The molecule has 1 aliphatic rings. The summed E-state index contributed by atoms with van der Waals surface area (Å²) in [6.45, 7) is 1.94. The number of nitrogens with one attached hydrogen (secondary N) is 1. The number of rotatable bonds is 3. The number of halogens is 3. The number of aryl methyl sites for hydroxylation is 1. The molecule has 118 valence electrons. The van der Waals surface area contributed by atoms with Crippen LogP contribution in [0, 0.1) is 5.92 Å². The van der Waals surface area contributed by atoms with E-state index < -0.39 is 18.0 Å². The van der Waals surface area contributed by atoms with Gasteiger partial charge in [-0.2, -0.15) is 18.3 Å². The van der Waals surface area contributed by atoms with Gasteiger partial charge in [0.1, 0.15) is 0 Å². The lowest BCUT2D eigenvalue weighted by atomic mass is 9.97. The largest absolute Gasteiger partial charge is 0.395 e. The smallest absolute Gasteiger partial charge is 0.393 e. The number of alkyl halides is 3. The molecular weight excluding hydrogens is 285 g/mol. The number of nitrogen functional groups attached to an aromatic ring is 1. The van der Waals surface area contributed by atoms with E-state index >= 15 is 0 Å². The van der Waals surface area contributed by atoms with Crippen molar-refractivity contribution >= 4 is 11.6 Å². The Morgan fingerprint density at radius 2 is 2.24 bits per heavy atom. The lowest BCUT2D eigenvalue weighted by Gasteiger charge is -2.33. The Bertz CT molecular complexity index is 512. The minimum atomic E-state index is -4.27. The van der Waals surface area contributed by atoms with Gasteiger partial charge in [-0.1, -0.05) is 13.3 Å². The number of hydrogen-bond acceptors (Lipinski definition) is 3. The molecule has 0 spiro atoms. The first-order chi connectivity index (χ1) is 9.84. The van der Waals surface area contributed by atoms with Crippen LogP contribution in [-0.4, -0.2) is 40.3 Å². The number of aromatic amines is 1. The molecule has 21 heavy (non-hydrogen) atoms. The maximum absolute atomic E-state index is 12.8. The van der Waals surface area contributed by atoms with Crippen molar-refractivity contribution in [1.29, 1.82) is 0 Å². The zero-order valence-corrected chi connectivity index (χ0v) is 11.8.